The zero-order valence-electron chi connectivity index (χ0n) is 11.7. The highest BCUT2D eigenvalue weighted by atomic mass is 16.2. The van der Waals surface area contributed by atoms with Crippen LogP contribution in [0.1, 0.15) is 12.2 Å². The summed E-state index contributed by atoms with van der Waals surface area (Å²) in [4.78, 5) is 16.7. The third-order valence-corrected chi connectivity index (χ3v) is 4.84. The Kier molecular flexibility index (Phi) is 2.99. The molecule has 2 unspecified atom stereocenters. The predicted molar refractivity (Wildman–Crippen MR) is 80.4 cm³/mol. The first-order valence-corrected chi connectivity index (χ1v) is 7.43. The van der Waals surface area contributed by atoms with Crippen molar-refractivity contribution in [3.63, 3.8) is 0 Å². The second-order valence-corrected chi connectivity index (χ2v) is 6.05. The second-order valence-electron chi connectivity index (χ2n) is 6.05. The number of imidazole rings is 1. The van der Waals surface area contributed by atoms with Crippen LogP contribution in [0.4, 0.5) is 0 Å². The van der Waals surface area contributed by atoms with E-state index in [2.05, 4.69) is 15.6 Å². The maximum Gasteiger partial charge on any atom is 0.224 e. The fourth-order valence-electron chi connectivity index (χ4n) is 3.69. The molecule has 5 nitrogen and oxygen atoms in total. The normalized spacial score (nSPS) is 27.3. The summed E-state index contributed by atoms with van der Waals surface area (Å²) in [7, 11) is 5.91. The molecule has 2 aliphatic rings. The molecule has 4 rings (SSSR count). The molecule has 1 aliphatic heterocycles. The van der Waals surface area contributed by atoms with E-state index < -0.39 is 0 Å². The van der Waals surface area contributed by atoms with E-state index in [1.54, 1.807) is 6.20 Å². The summed E-state index contributed by atoms with van der Waals surface area (Å²) >= 11 is 0. The van der Waals surface area contributed by atoms with Crippen molar-refractivity contribution in [1.82, 2.24) is 20.0 Å². The second kappa shape index (κ2) is 4.88. The van der Waals surface area contributed by atoms with E-state index in [9.17, 15) is 4.79 Å². The van der Waals surface area contributed by atoms with Crippen LogP contribution in [0.5, 0.6) is 0 Å². The van der Waals surface area contributed by atoms with E-state index in [1.165, 1.54) is 6.42 Å². The lowest BCUT2D eigenvalue weighted by atomic mass is 9.62. The Morgan fingerprint density at radius 2 is 2.29 bits per heavy atom. The molecule has 2 atom stereocenters. The summed E-state index contributed by atoms with van der Waals surface area (Å²) in [6.07, 6.45) is 4.86. The third kappa shape index (κ3) is 2.05. The Balaban J connectivity index is 1.46. The molecular formula is C15H17BN4O. The van der Waals surface area contributed by atoms with E-state index in [1.807, 2.05) is 22.7 Å². The van der Waals surface area contributed by atoms with Crippen LogP contribution in [0.2, 0.25) is 0 Å². The van der Waals surface area contributed by atoms with Crippen LogP contribution < -0.4 is 16.1 Å². The molecule has 1 saturated heterocycles. The molecule has 2 aromatic rings. The van der Waals surface area contributed by atoms with Gasteiger partial charge in [-0.2, -0.15) is 0 Å². The van der Waals surface area contributed by atoms with Crippen molar-refractivity contribution in [3.8, 4) is 0 Å². The molecule has 2 aromatic heterocycles. The summed E-state index contributed by atoms with van der Waals surface area (Å²) in [5.41, 5.74) is 1.58. The van der Waals surface area contributed by atoms with Gasteiger partial charge in [0.2, 0.25) is 5.91 Å². The minimum absolute atomic E-state index is 0.165. The predicted octanol–water partition coefficient (Wildman–Crippen LogP) is -0.400. The van der Waals surface area contributed by atoms with Crippen molar-refractivity contribution < 1.29 is 4.79 Å². The topological polar surface area (TPSA) is 58.4 Å². The van der Waals surface area contributed by atoms with Gasteiger partial charge >= 0.3 is 0 Å². The number of nitrogens with zero attached hydrogens (tertiary/aromatic N) is 2. The average Bonchev–Trinajstić information content (AvgIpc) is 2.90. The fourth-order valence-corrected chi connectivity index (χ4v) is 3.69. The van der Waals surface area contributed by atoms with Crippen LogP contribution >= 0.6 is 0 Å². The van der Waals surface area contributed by atoms with Crippen molar-refractivity contribution in [2.24, 2.45) is 17.8 Å². The minimum atomic E-state index is 0.165. The highest BCUT2D eigenvalue weighted by Crippen LogP contribution is 2.42. The van der Waals surface area contributed by atoms with Crippen LogP contribution in [0.15, 0.2) is 24.5 Å². The molecule has 2 radical (unpaired) electrons. The summed E-state index contributed by atoms with van der Waals surface area (Å²) in [5.74, 6) is 2.18. The van der Waals surface area contributed by atoms with Gasteiger partial charge in [0.15, 0.2) is 0 Å². The molecular weight excluding hydrogens is 263 g/mol. The Bertz CT molecular complexity index is 684. The first kappa shape index (κ1) is 12.9. The summed E-state index contributed by atoms with van der Waals surface area (Å²) in [6, 6.07) is 3.74. The van der Waals surface area contributed by atoms with E-state index in [0.717, 1.165) is 24.4 Å². The highest BCUT2D eigenvalue weighted by molar-refractivity contribution is 6.36. The van der Waals surface area contributed by atoms with Crippen molar-refractivity contribution in [2.75, 3.05) is 13.1 Å². The number of nitrogens with one attached hydrogen (secondary N) is 2. The smallest absolute Gasteiger partial charge is 0.224 e. The van der Waals surface area contributed by atoms with Gasteiger partial charge in [0.1, 0.15) is 13.7 Å². The lowest BCUT2D eigenvalue weighted by Gasteiger charge is -2.48. The van der Waals surface area contributed by atoms with Crippen LogP contribution in [0.3, 0.4) is 0 Å². The maximum absolute atomic E-state index is 12.3. The monoisotopic (exact) mass is 280 g/mol. The zero-order chi connectivity index (χ0) is 14.4. The van der Waals surface area contributed by atoms with Crippen LogP contribution in [-0.2, 0) is 11.3 Å². The molecule has 6 heteroatoms. The first-order valence-electron chi connectivity index (χ1n) is 7.43. The molecule has 0 aromatic carbocycles. The number of aromatic nitrogens is 2. The van der Waals surface area contributed by atoms with Gasteiger partial charge in [-0.3, -0.25) is 4.79 Å². The van der Waals surface area contributed by atoms with Gasteiger partial charge in [0.05, 0.1) is 18.3 Å². The van der Waals surface area contributed by atoms with Gasteiger partial charge in [0, 0.05) is 12.1 Å². The minimum Gasteiger partial charge on any atom is -0.349 e. The number of hydrogen-bond donors (Lipinski definition) is 2. The van der Waals surface area contributed by atoms with Crippen molar-refractivity contribution >= 4 is 24.7 Å². The number of pyridine rings is 1. The Morgan fingerprint density at radius 3 is 3.05 bits per heavy atom. The van der Waals surface area contributed by atoms with Gasteiger partial charge in [0.25, 0.3) is 0 Å². The number of fused-ring (bicyclic) bond motifs is 3. The summed E-state index contributed by atoms with van der Waals surface area (Å²) in [5, 5.41) is 6.40. The average molecular weight is 280 g/mol. The molecule has 1 aliphatic carbocycles. The standard InChI is InChI=1S/C15H17BN4O/c16-11-2-1-3-20-12(11)7-18-13(20)8-19-15(21)14-9-4-10(14)6-17-5-9/h1-3,7,9-10,14,17H,4-6,8H2,(H,19,21). The largest absolute Gasteiger partial charge is 0.349 e. The number of amides is 1. The fraction of sp³-hybridized carbons (Fsp3) is 0.467. The molecule has 3 heterocycles. The van der Waals surface area contributed by atoms with E-state index in [4.69, 9.17) is 7.85 Å². The number of piperidine rings is 2. The first-order chi connectivity index (χ1) is 10.2. The van der Waals surface area contributed by atoms with Crippen molar-refractivity contribution in [1.29, 1.82) is 0 Å². The SMILES string of the molecule is [B]c1cccn2c(CNC(=O)C3C4CNCC3C4)ncc12. The van der Waals surface area contributed by atoms with E-state index in [-0.39, 0.29) is 11.8 Å². The highest BCUT2D eigenvalue weighted by Gasteiger charge is 2.47. The van der Waals surface area contributed by atoms with E-state index >= 15 is 0 Å². The van der Waals surface area contributed by atoms with Crippen molar-refractivity contribution in [2.45, 2.75) is 13.0 Å². The third-order valence-electron chi connectivity index (χ3n) is 4.84. The van der Waals surface area contributed by atoms with Gasteiger partial charge in [-0.05, 0) is 37.4 Å². The lowest BCUT2D eigenvalue weighted by molar-refractivity contribution is -0.136. The van der Waals surface area contributed by atoms with Crippen LogP contribution in [-0.4, -0.2) is 36.2 Å². The molecule has 2 bridgehead atoms. The molecule has 1 amide bonds. The summed E-state index contributed by atoms with van der Waals surface area (Å²) in [6.45, 7) is 2.38. The maximum atomic E-state index is 12.3. The number of rotatable bonds is 3. The molecule has 1 saturated carbocycles. The zero-order valence-corrected chi connectivity index (χ0v) is 11.7. The van der Waals surface area contributed by atoms with Gasteiger partial charge < -0.3 is 15.0 Å². The molecule has 21 heavy (non-hydrogen) atoms. The van der Waals surface area contributed by atoms with E-state index in [0.29, 0.717) is 23.8 Å². The molecule has 2 fully saturated rings. The number of carbonyl (C=O) groups is 1. The van der Waals surface area contributed by atoms with Crippen LogP contribution in [0.25, 0.3) is 5.52 Å². The Labute approximate surface area is 124 Å². The quantitative estimate of drug-likeness (QED) is 0.752. The Hall–Kier alpha value is -1.82. The van der Waals surface area contributed by atoms with Crippen molar-refractivity contribution in [3.05, 3.63) is 30.4 Å². The molecule has 0 spiro atoms. The number of hydrogen-bond acceptors (Lipinski definition) is 3. The summed E-state index contributed by atoms with van der Waals surface area (Å²) < 4.78 is 1.93. The van der Waals surface area contributed by atoms with Gasteiger partial charge in [-0.25, -0.2) is 4.98 Å². The molecule has 106 valence electrons. The van der Waals surface area contributed by atoms with Gasteiger partial charge in [-0.1, -0.05) is 11.5 Å². The Morgan fingerprint density at radius 1 is 1.48 bits per heavy atom. The lowest BCUT2D eigenvalue weighted by Crippen LogP contribution is -2.58. The molecule has 2 N–H and O–H groups in total. The number of carbonyl (C=O) groups excluding carboxylic acids is 1. The van der Waals surface area contributed by atoms with Crippen LogP contribution in [0, 0.1) is 17.8 Å². The van der Waals surface area contributed by atoms with Gasteiger partial charge in [-0.15, -0.1) is 0 Å².